The molecule has 17 heavy (non-hydrogen) atoms. The number of benzene rings is 1. The van der Waals surface area contributed by atoms with E-state index < -0.39 is 0 Å². The molecule has 88 valence electrons. The molecule has 1 aromatic heterocycles. The van der Waals surface area contributed by atoms with Crippen molar-refractivity contribution in [2.75, 3.05) is 5.32 Å². The van der Waals surface area contributed by atoms with Crippen LogP contribution in [0.25, 0.3) is 10.9 Å². The summed E-state index contributed by atoms with van der Waals surface area (Å²) >= 11 is 0. The van der Waals surface area contributed by atoms with Crippen LogP contribution in [-0.4, -0.2) is 16.1 Å². The Balaban J connectivity index is 1.82. The Hall–Kier alpha value is -1.91. The van der Waals surface area contributed by atoms with Gasteiger partial charge in [-0.3, -0.25) is 9.89 Å². The van der Waals surface area contributed by atoms with Crippen molar-refractivity contribution in [3.63, 3.8) is 0 Å². The highest BCUT2D eigenvalue weighted by Gasteiger charge is 2.24. The van der Waals surface area contributed by atoms with E-state index in [1.807, 2.05) is 0 Å². The zero-order chi connectivity index (χ0) is 11.8. The van der Waals surface area contributed by atoms with Crippen molar-refractivity contribution in [3.05, 3.63) is 24.0 Å². The van der Waals surface area contributed by atoms with Gasteiger partial charge in [0.05, 0.1) is 5.52 Å². The highest BCUT2D eigenvalue weighted by atomic mass is 19.1. The van der Waals surface area contributed by atoms with Crippen molar-refractivity contribution in [1.82, 2.24) is 10.2 Å². The molecule has 0 atom stereocenters. The number of carbonyl (C=O) groups excluding carboxylic acids is 1. The fraction of sp³-hybridized carbons (Fsp3) is 0.333. The summed E-state index contributed by atoms with van der Waals surface area (Å²) < 4.78 is 13.0. The number of amides is 1. The molecule has 4 nitrogen and oxygen atoms in total. The quantitative estimate of drug-likeness (QED) is 0.855. The maximum atomic E-state index is 13.0. The smallest absolute Gasteiger partial charge is 0.225 e. The van der Waals surface area contributed by atoms with Crippen LogP contribution in [-0.2, 0) is 4.79 Å². The van der Waals surface area contributed by atoms with Gasteiger partial charge in [-0.1, -0.05) is 0 Å². The molecule has 1 saturated carbocycles. The molecular formula is C12H12FN3O. The summed E-state index contributed by atoms with van der Waals surface area (Å²) in [6.07, 6.45) is 2.83. The number of nitrogens with one attached hydrogen (secondary N) is 2. The Bertz CT molecular complexity index is 574. The molecule has 0 saturated heterocycles. The third-order valence-electron chi connectivity index (χ3n) is 2.95. The maximum absolute atomic E-state index is 13.0. The van der Waals surface area contributed by atoms with Gasteiger partial charge < -0.3 is 5.32 Å². The molecular weight excluding hydrogens is 221 g/mol. The summed E-state index contributed by atoms with van der Waals surface area (Å²) in [7, 11) is 0. The van der Waals surface area contributed by atoms with E-state index in [0.717, 1.165) is 18.2 Å². The Morgan fingerprint density at radius 2 is 2.35 bits per heavy atom. The van der Waals surface area contributed by atoms with Crippen LogP contribution >= 0.6 is 0 Å². The van der Waals surface area contributed by atoms with E-state index in [1.54, 1.807) is 6.07 Å². The van der Waals surface area contributed by atoms with E-state index in [4.69, 9.17) is 0 Å². The van der Waals surface area contributed by atoms with Gasteiger partial charge in [0.25, 0.3) is 0 Å². The molecule has 3 rings (SSSR count). The number of H-pyrrole nitrogens is 1. The molecule has 1 aromatic carbocycles. The predicted molar refractivity (Wildman–Crippen MR) is 62.0 cm³/mol. The summed E-state index contributed by atoms with van der Waals surface area (Å²) in [4.78, 5) is 11.6. The Labute approximate surface area is 97.2 Å². The van der Waals surface area contributed by atoms with Gasteiger partial charge in [0, 0.05) is 11.8 Å². The van der Waals surface area contributed by atoms with Crippen LogP contribution in [0.3, 0.4) is 0 Å². The van der Waals surface area contributed by atoms with Gasteiger partial charge in [0.1, 0.15) is 5.82 Å². The fourth-order valence-corrected chi connectivity index (χ4v) is 1.85. The first-order chi connectivity index (χ1) is 8.22. The number of carbonyl (C=O) groups is 1. The topological polar surface area (TPSA) is 57.8 Å². The van der Waals surface area contributed by atoms with Gasteiger partial charge in [-0.15, -0.1) is 0 Å². The highest BCUT2D eigenvalue weighted by Crippen LogP contribution is 2.32. The van der Waals surface area contributed by atoms with Crippen LogP contribution in [0.4, 0.5) is 10.2 Å². The monoisotopic (exact) mass is 233 g/mol. The second kappa shape index (κ2) is 3.84. The van der Waals surface area contributed by atoms with Gasteiger partial charge in [-0.05, 0) is 37.0 Å². The molecule has 1 amide bonds. The molecule has 2 N–H and O–H groups in total. The van der Waals surface area contributed by atoms with Crippen molar-refractivity contribution in [3.8, 4) is 0 Å². The molecule has 1 aliphatic carbocycles. The standard InChI is InChI=1S/C12H12FN3O/c13-8-3-4-9-10(6-8)15-16-12(9)14-11(17)5-7-1-2-7/h3-4,6-7H,1-2,5H2,(H2,14,15,16,17). The third-order valence-corrected chi connectivity index (χ3v) is 2.95. The van der Waals surface area contributed by atoms with E-state index in [0.29, 0.717) is 23.7 Å². The van der Waals surface area contributed by atoms with Gasteiger partial charge in [-0.25, -0.2) is 4.39 Å². The van der Waals surface area contributed by atoms with Crippen LogP contribution in [0.2, 0.25) is 0 Å². The number of nitrogens with zero attached hydrogens (tertiary/aromatic N) is 1. The summed E-state index contributed by atoms with van der Waals surface area (Å²) in [5, 5.41) is 10.2. The Morgan fingerprint density at radius 1 is 1.53 bits per heavy atom. The average Bonchev–Trinajstić information content (AvgIpc) is 3.01. The molecule has 0 bridgehead atoms. The molecule has 0 radical (unpaired) electrons. The number of aromatic nitrogens is 2. The molecule has 1 fully saturated rings. The number of anilines is 1. The lowest BCUT2D eigenvalue weighted by molar-refractivity contribution is -0.116. The molecule has 2 aromatic rings. The van der Waals surface area contributed by atoms with Crippen molar-refractivity contribution in [1.29, 1.82) is 0 Å². The first-order valence-corrected chi connectivity index (χ1v) is 5.66. The van der Waals surface area contributed by atoms with Crippen LogP contribution in [0.15, 0.2) is 18.2 Å². The lowest BCUT2D eigenvalue weighted by Crippen LogP contribution is -2.12. The fourth-order valence-electron chi connectivity index (χ4n) is 1.85. The molecule has 5 heteroatoms. The minimum absolute atomic E-state index is 0.0229. The van der Waals surface area contributed by atoms with Crippen LogP contribution < -0.4 is 5.32 Å². The minimum Gasteiger partial charge on any atom is -0.309 e. The average molecular weight is 233 g/mol. The summed E-state index contributed by atoms with van der Waals surface area (Å²) in [6, 6.07) is 4.33. The van der Waals surface area contributed by atoms with Crippen LogP contribution in [0.5, 0.6) is 0 Å². The first kappa shape index (κ1) is 10.3. The normalized spacial score (nSPS) is 15.1. The van der Waals surface area contributed by atoms with Crippen molar-refractivity contribution >= 4 is 22.6 Å². The second-order valence-electron chi connectivity index (χ2n) is 4.46. The third kappa shape index (κ3) is 2.13. The number of hydrogen-bond donors (Lipinski definition) is 2. The zero-order valence-corrected chi connectivity index (χ0v) is 9.16. The molecule has 0 spiro atoms. The van der Waals surface area contributed by atoms with Crippen molar-refractivity contribution in [2.45, 2.75) is 19.3 Å². The van der Waals surface area contributed by atoms with Crippen molar-refractivity contribution in [2.24, 2.45) is 5.92 Å². The van der Waals surface area contributed by atoms with Gasteiger partial charge in [-0.2, -0.15) is 5.10 Å². The van der Waals surface area contributed by atoms with Crippen LogP contribution in [0, 0.1) is 11.7 Å². The van der Waals surface area contributed by atoms with E-state index in [2.05, 4.69) is 15.5 Å². The number of fused-ring (bicyclic) bond motifs is 1. The summed E-state index contributed by atoms with van der Waals surface area (Å²) in [5.41, 5.74) is 0.590. The highest BCUT2D eigenvalue weighted by molar-refractivity contribution is 5.99. The second-order valence-corrected chi connectivity index (χ2v) is 4.46. The molecule has 0 aliphatic heterocycles. The van der Waals surface area contributed by atoms with E-state index in [-0.39, 0.29) is 11.7 Å². The van der Waals surface area contributed by atoms with Gasteiger partial charge in [0.15, 0.2) is 5.82 Å². The van der Waals surface area contributed by atoms with E-state index in [9.17, 15) is 9.18 Å². The summed E-state index contributed by atoms with van der Waals surface area (Å²) in [6.45, 7) is 0. The van der Waals surface area contributed by atoms with Crippen molar-refractivity contribution < 1.29 is 9.18 Å². The molecule has 0 unspecified atom stereocenters. The zero-order valence-electron chi connectivity index (χ0n) is 9.16. The first-order valence-electron chi connectivity index (χ1n) is 5.66. The predicted octanol–water partition coefficient (Wildman–Crippen LogP) is 2.44. The SMILES string of the molecule is O=C(CC1CC1)Nc1n[nH]c2cc(F)ccc12. The lowest BCUT2D eigenvalue weighted by atomic mass is 10.2. The molecule has 1 heterocycles. The number of hydrogen-bond acceptors (Lipinski definition) is 2. The van der Waals surface area contributed by atoms with Gasteiger partial charge >= 0.3 is 0 Å². The number of rotatable bonds is 3. The number of aromatic amines is 1. The minimum atomic E-state index is -0.322. The van der Waals surface area contributed by atoms with E-state index in [1.165, 1.54) is 12.1 Å². The van der Waals surface area contributed by atoms with Crippen LogP contribution in [0.1, 0.15) is 19.3 Å². The lowest BCUT2D eigenvalue weighted by Gasteiger charge is -2.00. The van der Waals surface area contributed by atoms with Gasteiger partial charge in [0.2, 0.25) is 5.91 Å². The maximum Gasteiger partial charge on any atom is 0.225 e. The summed E-state index contributed by atoms with van der Waals surface area (Å²) in [5.74, 6) is 0.672. The molecule has 1 aliphatic rings. The largest absolute Gasteiger partial charge is 0.309 e. The number of halogens is 1. The van der Waals surface area contributed by atoms with E-state index >= 15 is 0 Å². The Kier molecular flexibility index (Phi) is 2.31. The Morgan fingerprint density at radius 3 is 3.12 bits per heavy atom.